The molecule has 0 atom stereocenters. The van der Waals surface area contributed by atoms with Crippen molar-refractivity contribution in [2.75, 3.05) is 20.3 Å². The van der Waals surface area contributed by atoms with Gasteiger partial charge in [0.1, 0.15) is 29.0 Å². The van der Waals surface area contributed by atoms with Crippen LogP contribution in [0.4, 0.5) is 5.69 Å². The van der Waals surface area contributed by atoms with E-state index in [4.69, 9.17) is 21.7 Å². The molecule has 0 saturated carbocycles. The Labute approximate surface area is 184 Å². The van der Waals surface area contributed by atoms with Crippen molar-refractivity contribution in [2.24, 2.45) is 0 Å². The highest BCUT2D eigenvalue weighted by Gasteiger charge is 2.29. The lowest BCUT2D eigenvalue weighted by atomic mass is 10.1. The number of nitro groups is 1. The Morgan fingerprint density at radius 3 is 2.52 bits per heavy atom. The van der Waals surface area contributed by atoms with E-state index in [2.05, 4.69) is 15.9 Å². The van der Waals surface area contributed by atoms with Gasteiger partial charge >= 0.3 is 0 Å². The number of thiocarbonyl (C=S) groups is 1. The number of ether oxygens (including phenoxy) is 2. The standard InChI is InChI=1S/C19H15BrN2O5S2/c1-21-18(23)17(29-19(21)28)11-12-10-14(22(24)25)4-7-16(12)27-9-8-26-15-5-2-13(20)3-6-15/h2-7,10-11H,8-9H2,1H3/b17-11-. The summed E-state index contributed by atoms with van der Waals surface area (Å²) >= 11 is 9.62. The molecule has 0 bridgehead atoms. The number of hydrogen-bond acceptors (Lipinski definition) is 7. The molecule has 0 radical (unpaired) electrons. The Kier molecular flexibility index (Phi) is 6.88. The van der Waals surface area contributed by atoms with Crippen molar-refractivity contribution >= 4 is 61.9 Å². The second-order valence-corrected chi connectivity index (χ2v) is 8.46. The maximum absolute atomic E-state index is 12.2. The number of carbonyl (C=O) groups is 1. The number of nitrogens with zero attached hydrogens (tertiary/aromatic N) is 2. The average molecular weight is 495 g/mol. The number of amides is 1. The number of non-ortho nitro benzene ring substituents is 1. The summed E-state index contributed by atoms with van der Waals surface area (Å²) in [6.07, 6.45) is 1.56. The predicted octanol–water partition coefficient (Wildman–Crippen LogP) is 4.65. The number of halogens is 1. The largest absolute Gasteiger partial charge is 0.490 e. The Balaban J connectivity index is 1.74. The molecule has 1 aliphatic rings. The number of rotatable bonds is 7. The van der Waals surface area contributed by atoms with Crippen LogP contribution in [0.25, 0.3) is 6.08 Å². The summed E-state index contributed by atoms with van der Waals surface area (Å²) < 4.78 is 12.7. The van der Waals surface area contributed by atoms with E-state index in [0.717, 1.165) is 16.2 Å². The zero-order valence-electron chi connectivity index (χ0n) is 15.2. The van der Waals surface area contributed by atoms with Crippen molar-refractivity contribution in [3.8, 4) is 11.5 Å². The molecule has 2 aromatic rings. The van der Waals surface area contributed by atoms with Crippen LogP contribution < -0.4 is 9.47 Å². The van der Waals surface area contributed by atoms with Crippen molar-refractivity contribution < 1.29 is 19.2 Å². The normalized spacial score (nSPS) is 15.1. The topological polar surface area (TPSA) is 81.9 Å². The smallest absolute Gasteiger partial charge is 0.270 e. The number of hydrogen-bond donors (Lipinski definition) is 0. The predicted molar refractivity (Wildman–Crippen MR) is 119 cm³/mol. The molecule has 0 unspecified atom stereocenters. The fourth-order valence-corrected chi connectivity index (χ4v) is 3.86. The highest BCUT2D eigenvalue weighted by molar-refractivity contribution is 9.10. The number of thioether (sulfide) groups is 1. The van der Waals surface area contributed by atoms with Crippen LogP contribution in [0.2, 0.25) is 0 Å². The molecule has 1 heterocycles. The minimum atomic E-state index is -0.497. The maximum Gasteiger partial charge on any atom is 0.270 e. The second kappa shape index (κ2) is 9.38. The van der Waals surface area contributed by atoms with Gasteiger partial charge in [-0.25, -0.2) is 0 Å². The van der Waals surface area contributed by atoms with Gasteiger partial charge in [0.25, 0.3) is 11.6 Å². The van der Waals surface area contributed by atoms with E-state index in [1.807, 2.05) is 24.3 Å². The molecular weight excluding hydrogens is 480 g/mol. The lowest BCUT2D eigenvalue weighted by molar-refractivity contribution is -0.384. The lowest BCUT2D eigenvalue weighted by Gasteiger charge is -2.11. The summed E-state index contributed by atoms with van der Waals surface area (Å²) in [7, 11) is 1.59. The van der Waals surface area contributed by atoms with Crippen molar-refractivity contribution in [3.63, 3.8) is 0 Å². The zero-order chi connectivity index (χ0) is 21.0. The summed E-state index contributed by atoms with van der Waals surface area (Å²) in [6, 6.07) is 11.6. The minimum absolute atomic E-state index is 0.0957. The number of likely N-dealkylation sites (N-methyl/N-ethyl adjacent to an activating group) is 1. The molecular formula is C19H15BrN2O5S2. The molecule has 1 saturated heterocycles. The summed E-state index contributed by atoms with van der Waals surface area (Å²) in [5.41, 5.74) is 0.332. The van der Waals surface area contributed by atoms with E-state index >= 15 is 0 Å². The van der Waals surface area contributed by atoms with Gasteiger partial charge in [0.05, 0.1) is 9.83 Å². The fraction of sp³-hybridized carbons (Fsp3) is 0.158. The maximum atomic E-state index is 12.2. The van der Waals surface area contributed by atoms with Gasteiger partial charge in [-0.15, -0.1) is 0 Å². The third-order valence-corrected chi connectivity index (χ3v) is 5.91. The van der Waals surface area contributed by atoms with E-state index in [1.54, 1.807) is 13.1 Å². The highest BCUT2D eigenvalue weighted by atomic mass is 79.9. The second-order valence-electron chi connectivity index (χ2n) is 5.87. The lowest BCUT2D eigenvalue weighted by Crippen LogP contribution is -2.22. The summed E-state index contributed by atoms with van der Waals surface area (Å²) in [5, 5.41) is 11.1. The minimum Gasteiger partial charge on any atom is -0.490 e. The summed E-state index contributed by atoms with van der Waals surface area (Å²) in [4.78, 5) is 24.6. The van der Waals surface area contributed by atoms with Gasteiger partial charge in [0.15, 0.2) is 0 Å². The average Bonchev–Trinajstić information content (AvgIpc) is 2.94. The van der Waals surface area contributed by atoms with Crippen molar-refractivity contribution in [3.05, 3.63) is 67.5 Å². The third kappa shape index (κ3) is 5.34. The van der Waals surface area contributed by atoms with Crippen LogP contribution in [-0.4, -0.2) is 40.3 Å². The first kappa shape index (κ1) is 21.3. The summed E-state index contributed by atoms with van der Waals surface area (Å²) in [6.45, 7) is 0.512. The zero-order valence-corrected chi connectivity index (χ0v) is 18.4. The van der Waals surface area contributed by atoms with E-state index in [-0.39, 0.29) is 24.8 Å². The van der Waals surface area contributed by atoms with Crippen LogP contribution in [0.3, 0.4) is 0 Å². The van der Waals surface area contributed by atoms with Crippen LogP contribution >= 0.6 is 39.9 Å². The van der Waals surface area contributed by atoms with Gasteiger partial charge in [-0.1, -0.05) is 39.9 Å². The van der Waals surface area contributed by atoms with E-state index in [0.29, 0.717) is 26.3 Å². The summed E-state index contributed by atoms with van der Waals surface area (Å²) in [5.74, 6) is 0.861. The molecule has 0 spiro atoms. The number of carbonyl (C=O) groups excluding carboxylic acids is 1. The van der Waals surface area contributed by atoms with Crippen molar-refractivity contribution in [1.29, 1.82) is 0 Å². The first-order chi connectivity index (χ1) is 13.8. The number of nitro benzene ring substituents is 1. The molecule has 0 N–H and O–H groups in total. The molecule has 1 fully saturated rings. The van der Waals surface area contributed by atoms with Gasteiger partial charge in [-0.2, -0.15) is 0 Å². The first-order valence-electron chi connectivity index (χ1n) is 8.36. The van der Waals surface area contributed by atoms with Gasteiger partial charge in [-0.05, 0) is 36.4 Å². The molecule has 0 aliphatic carbocycles. The molecule has 2 aromatic carbocycles. The van der Waals surface area contributed by atoms with Gasteiger partial charge < -0.3 is 9.47 Å². The molecule has 29 heavy (non-hydrogen) atoms. The monoisotopic (exact) mass is 494 g/mol. The Hall–Kier alpha value is -2.43. The van der Waals surface area contributed by atoms with Crippen LogP contribution in [0.1, 0.15) is 5.56 Å². The molecule has 1 amide bonds. The van der Waals surface area contributed by atoms with Crippen molar-refractivity contribution in [1.82, 2.24) is 4.90 Å². The van der Waals surface area contributed by atoms with Crippen LogP contribution in [0.15, 0.2) is 51.8 Å². The first-order valence-corrected chi connectivity index (χ1v) is 10.4. The Morgan fingerprint density at radius 1 is 1.21 bits per heavy atom. The number of benzene rings is 2. The van der Waals surface area contributed by atoms with E-state index in [9.17, 15) is 14.9 Å². The third-order valence-electron chi connectivity index (χ3n) is 3.90. The van der Waals surface area contributed by atoms with Crippen LogP contribution in [0.5, 0.6) is 11.5 Å². The molecule has 150 valence electrons. The molecule has 0 aromatic heterocycles. The molecule has 7 nitrogen and oxygen atoms in total. The Morgan fingerprint density at radius 2 is 1.90 bits per heavy atom. The molecule has 1 aliphatic heterocycles. The molecule has 3 rings (SSSR count). The molecule has 10 heteroatoms. The fourth-order valence-electron chi connectivity index (χ4n) is 2.42. The quantitative estimate of drug-likeness (QED) is 0.182. The van der Waals surface area contributed by atoms with E-state index < -0.39 is 4.92 Å². The van der Waals surface area contributed by atoms with Crippen LogP contribution in [-0.2, 0) is 4.79 Å². The van der Waals surface area contributed by atoms with E-state index in [1.165, 1.54) is 23.1 Å². The van der Waals surface area contributed by atoms with Gasteiger partial charge in [-0.3, -0.25) is 19.8 Å². The van der Waals surface area contributed by atoms with Crippen LogP contribution in [0, 0.1) is 10.1 Å². The highest BCUT2D eigenvalue weighted by Crippen LogP contribution is 2.34. The van der Waals surface area contributed by atoms with Crippen molar-refractivity contribution in [2.45, 2.75) is 0 Å². The SMILES string of the molecule is CN1C(=O)/C(=C/c2cc([N+](=O)[O-])ccc2OCCOc2ccc(Br)cc2)SC1=S. The van der Waals surface area contributed by atoms with Gasteiger partial charge in [0.2, 0.25) is 0 Å². The Bertz CT molecular complexity index is 995. The van der Waals surface area contributed by atoms with Gasteiger partial charge in [0, 0.05) is 29.2 Å².